The van der Waals surface area contributed by atoms with Crippen molar-refractivity contribution in [3.8, 4) is 0 Å². The summed E-state index contributed by atoms with van der Waals surface area (Å²) in [5.41, 5.74) is 1.04. The molecule has 0 amide bonds. The van der Waals surface area contributed by atoms with Gasteiger partial charge in [-0.15, -0.1) is 0 Å². The lowest BCUT2D eigenvalue weighted by atomic mass is 10.0. The molecule has 3 heteroatoms. The second kappa shape index (κ2) is 5.82. The standard InChI is InChI=1S/C14H19NO2/c1-15-10-6-5-9-13(15)14(16)17-11-12-7-3-2-4-8-12/h2-4,7-8,13H,5-6,9-11H2,1H3. The van der Waals surface area contributed by atoms with E-state index in [0.717, 1.165) is 24.9 Å². The number of rotatable bonds is 3. The van der Waals surface area contributed by atoms with Gasteiger partial charge in [-0.3, -0.25) is 9.69 Å². The van der Waals surface area contributed by atoms with Crippen LogP contribution in [-0.2, 0) is 16.1 Å². The summed E-state index contributed by atoms with van der Waals surface area (Å²) >= 11 is 0. The average Bonchev–Trinajstić information content (AvgIpc) is 2.38. The Balaban J connectivity index is 1.84. The van der Waals surface area contributed by atoms with Gasteiger partial charge in [0.15, 0.2) is 0 Å². The van der Waals surface area contributed by atoms with Gasteiger partial charge in [0.1, 0.15) is 12.6 Å². The molecule has 0 N–H and O–H groups in total. The fourth-order valence-electron chi connectivity index (χ4n) is 2.20. The molecule has 92 valence electrons. The molecular weight excluding hydrogens is 214 g/mol. The topological polar surface area (TPSA) is 29.5 Å². The average molecular weight is 233 g/mol. The molecule has 0 radical (unpaired) electrons. The molecule has 0 saturated carbocycles. The largest absolute Gasteiger partial charge is 0.460 e. The molecule has 3 nitrogen and oxygen atoms in total. The van der Waals surface area contributed by atoms with Crippen LogP contribution in [-0.4, -0.2) is 30.5 Å². The SMILES string of the molecule is CN1CCCCC1C(=O)OCc1ccccc1. The number of esters is 1. The first-order valence-corrected chi connectivity index (χ1v) is 6.18. The molecule has 17 heavy (non-hydrogen) atoms. The number of benzene rings is 1. The Morgan fingerprint density at radius 3 is 2.82 bits per heavy atom. The third-order valence-electron chi connectivity index (χ3n) is 3.27. The van der Waals surface area contributed by atoms with E-state index in [1.165, 1.54) is 6.42 Å². The highest BCUT2D eigenvalue weighted by Gasteiger charge is 2.26. The summed E-state index contributed by atoms with van der Waals surface area (Å²) in [5, 5.41) is 0. The summed E-state index contributed by atoms with van der Waals surface area (Å²) < 4.78 is 5.36. The lowest BCUT2D eigenvalue weighted by Gasteiger charge is -2.30. The van der Waals surface area contributed by atoms with Crippen LogP contribution in [0.2, 0.25) is 0 Å². The highest BCUT2D eigenvalue weighted by molar-refractivity contribution is 5.75. The highest BCUT2D eigenvalue weighted by Crippen LogP contribution is 2.16. The van der Waals surface area contributed by atoms with E-state index < -0.39 is 0 Å². The predicted octanol–water partition coefficient (Wildman–Crippen LogP) is 2.21. The number of hydrogen-bond donors (Lipinski definition) is 0. The third-order valence-corrected chi connectivity index (χ3v) is 3.27. The van der Waals surface area contributed by atoms with Crippen molar-refractivity contribution in [2.24, 2.45) is 0 Å². The maximum absolute atomic E-state index is 11.9. The minimum absolute atomic E-state index is 0.0486. The lowest BCUT2D eigenvalue weighted by Crippen LogP contribution is -2.42. The van der Waals surface area contributed by atoms with Crippen LogP contribution in [0.25, 0.3) is 0 Å². The summed E-state index contributed by atoms with van der Waals surface area (Å²) in [5.74, 6) is -0.0870. The molecule has 1 unspecified atom stereocenters. The first-order valence-electron chi connectivity index (χ1n) is 6.18. The number of hydrogen-bond acceptors (Lipinski definition) is 3. The normalized spacial score (nSPS) is 21.1. The van der Waals surface area contributed by atoms with Gasteiger partial charge in [0.2, 0.25) is 0 Å². The number of likely N-dealkylation sites (tertiary alicyclic amines) is 1. The molecule has 1 heterocycles. The summed E-state index contributed by atoms with van der Waals surface area (Å²) in [4.78, 5) is 14.0. The second-order valence-electron chi connectivity index (χ2n) is 4.59. The molecule has 1 aromatic rings. The molecule has 0 spiro atoms. The monoisotopic (exact) mass is 233 g/mol. The van der Waals surface area contributed by atoms with Gasteiger partial charge in [0, 0.05) is 0 Å². The van der Waals surface area contributed by atoms with Gasteiger partial charge in [-0.1, -0.05) is 36.8 Å². The second-order valence-corrected chi connectivity index (χ2v) is 4.59. The summed E-state index contributed by atoms with van der Waals surface area (Å²) in [6.45, 7) is 1.37. The smallest absolute Gasteiger partial charge is 0.323 e. The Bertz CT molecular complexity index is 364. The van der Waals surface area contributed by atoms with E-state index in [-0.39, 0.29) is 12.0 Å². The van der Waals surface area contributed by atoms with Crippen molar-refractivity contribution in [1.29, 1.82) is 0 Å². The molecule has 0 aromatic heterocycles. The highest BCUT2D eigenvalue weighted by atomic mass is 16.5. The zero-order chi connectivity index (χ0) is 12.1. The molecule has 0 bridgehead atoms. The molecule has 1 aromatic carbocycles. The number of nitrogens with zero attached hydrogens (tertiary/aromatic N) is 1. The first kappa shape index (κ1) is 12.1. The zero-order valence-corrected chi connectivity index (χ0v) is 10.3. The van der Waals surface area contributed by atoms with E-state index in [2.05, 4.69) is 4.90 Å². The van der Waals surface area contributed by atoms with Gasteiger partial charge in [-0.2, -0.15) is 0 Å². The molecule has 1 atom stereocenters. The molecule has 1 fully saturated rings. The van der Waals surface area contributed by atoms with Crippen molar-refractivity contribution in [3.05, 3.63) is 35.9 Å². The molecule has 1 aliphatic heterocycles. The van der Waals surface area contributed by atoms with Crippen molar-refractivity contribution in [1.82, 2.24) is 4.90 Å². The van der Waals surface area contributed by atoms with Gasteiger partial charge in [-0.05, 0) is 32.0 Å². The van der Waals surface area contributed by atoms with Crippen LogP contribution in [0, 0.1) is 0 Å². The van der Waals surface area contributed by atoms with Crippen LogP contribution < -0.4 is 0 Å². The van der Waals surface area contributed by atoms with Crippen LogP contribution in [0.15, 0.2) is 30.3 Å². The van der Waals surface area contributed by atoms with Crippen LogP contribution in [0.3, 0.4) is 0 Å². The fraction of sp³-hybridized carbons (Fsp3) is 0.500. The maximum Gasteiger partial charge on any atom is 0.323 e. The van der Waals surface area contributed by atoms with Gasteiger partial charge in [0.25, 0.3) is 0 Å². The summed E-state index contributed by atoms with van der Waals surface area (Å²) in [6.07, 6.45) is 3.22. The summed E-state index contributed by atoms with van der Waals surface area (Å²) in [6, 6.07) is 9.76. The van der Waals surface area contributed by atoms with Gasteiger partial charge in [0.05, 0.1) is 0 Å². The number of ether oxygens (including phenoxy) is 1. The Labute approximate surface area is 102 Å². The van der Waals surface area contributed by atoms with E-state index in [0.29, 0.717) is 6.61 Å². The molecule has 1 saturated heterocycles. The third kappa shape index (κ3) is 3.30. The lowest BCUT2D eigenvalue weighted by molar-refractivity contribution is -0.152. The minimum atomic E-state index is -0.0870. The van der Waals surface area contributed by atoms with Crippen molar-refractivity contribution >= 4 is 5.97 Å². The van der Waals surface area contributed by atoms with Crippen LogP contribution in [0.5, 0.6) is 0 Å². The molecule has 0 aliphatic carbocycles. The van der Waals surface area contributed by atoms with E-state index in [9.17, 15) is 4.79 Å². The first-order chi connectivity index (χ1) is 8.27. The number of carbonyl (C=O) groups is 1. The Kier molecular flexibility index (Phi) is 4.15. The van der Waals surface area contributed by atoms with E-state index in [1.54, 1.807) is 0 Å². The van der Waals surface area contributed by atoms with Crippen LogP contribution >= 0.6 is 0 Å². The zero-order valence-electron chi connectivity index (χ0n) is 10.3. The van der Waals surface area contributed by atoms with E-state index in [4.69, 9.17) is 4.74 Å². The van der Waals surface area contributed by atoms with Crippen LogP contribution in [0.1, 0.15) is 24.8 Å². The Morgan fingerprint density at radius 2 is 2.12 bits per heavy atom. The van der Waals surface area contributed by atoms with Gasteiger partial charge >= 0.3 is 5.97 Å². The van der Waals surface area contributed by atoms with Crippen LogP contribution in [0.4, 0.5) is 0 Å². The Morgan fingerprint density at radius 1 is 1.35 bits per heavy atom. The van der Waals surface area contributed by atoms with Crippen molar-refractivity contribution < 1.29 is 9.53 Å². The number of likely N-dealkylation sites (N-methyl/N-ethyl adjacent to an activating group) is 1. The quantitative estimate of drug-likeness (QED) is 0.750. The molecular formula is C14H19NO2. The van der Waals surface area contributed by atoms with E-state index >= 15 is 0 Å². The number of carbonyl (C=O) groups excluding carboxylic acids is 1. The summed E-state index contributed by atoms with van der Waals surface area (Å²) in [7, 11) is 1.99. The van der Waals surface area contributed by atoms with Gasteiger partial charge < -0.3 is 4.74 Å². The molecule has 1 aliphatic rings. The van der Waals surface area contributed by atoms with Gasteiger partial charge in [-0.25, -0.2) is 0 Å². The molecule has 2 rings (SSSR count). The maximum atomic E-state index is 11.9. The minimum Gasteiger partial charge on any atom is -0.460 e. The fourth-order valence-corrected chi connectivity index (χ4v) is 2.20. The predicted molar refractivity (Wildman–Crippen MR) is 66.5 cm³/mol. The number of piperidine rings is 1. The Hall–Kier alpha value is -1.35. The van der Waals surface area contributed by atoms with Crippen molar-refractivity contribution in [2.75, 3.05) is 13.6 Å². The van der Waals surface area contributed by atoms with Crippen molar-refractivity contribution in [2.45, 2.75) is 31.9 Å². The van der Waals surface area contributed by atoms with Crippen molar-refractivity contribution in [3.63, 3.8) is 0 Å². The van der Waals surface area contributed by atoms with E-state index in [1.807, 2.05) is 37.4 Å².